The van der Waals surface area contributed by atoms with Crippen LogP contribution in [0.15, 0.2) is 67.0 Å². The number of hydrogen-bond acceptors (Lipinski definition) is 3. The molecule has 0 aliphatic carbocycles. The van der Waals surface area contributed by atoms with Gasteiger partial charge in [0.25, 0.3) is 0 Å². The average molecular weight is 414 g/mol. The monoisotopic (exact) mass is 413 g/mol. The van der Waals surface area contributed by atoms with Gasteiger partial charge in [-0.25, -0.2) is 4.98 Å². The van der Waals surface area contributed by atoms with Crippen molar-refractivity contribution in [2.45, 2.75) is 50.5 Å². The van der Waals surface area contributed by atoms with Gasteiger partial charge in [-0.3, -0.25) is 4.98 Å². The third-order valence-electron chi connectivity index (χ3n) is 7.57. The molecule has 4 heteroatoms. The van der Waals surface area contributed by atoms with E-state index in [-0.39, 0.29) is 16.4 Å². The number of rotatable bonds is 3. The zero-order valence-electron chi connectivity index (χ0n) is 18.3. The highest BCUT2D eigenvalue weighted by atomic mass is 31.1. The van der Waals surface area contributed by atoms with Gasteiger partial charge in [-0.2, -0.15) is 0 Å². The van der Waals surface area contributed by atoms with Crippen LogP contribution in [0.2, 0.25) is 0 Å². The fourth-order valence-corrected chi connectivity index (χ4v) is 7.59. The van der Waals surface area contributed by atoms with Crippen LogP contribution in [0.4, 0.5) is 5.82 Å². The van der Waals surface area contributed by atoms with Crippen molar-refractivity contribution >= 4 is 24.6 Å². The lowest BCUT2D eigenvalue weighted by atomic mass is 9.60. The van der Waals surface area contributed by atoms with Gasteiger partial charge in [0.2, 0.25) is 0 Å². The van der Waals surface area contributed by atoms with Crippen molar-refractivity contribution in [2.75, 3.05) is 11.9 Å². The molecule has 4 heterocycles. The van der Waals surface area contributed by atoms with Crippen LogP contribution in [-0.4, -0.2) is 27.8 Å². The Kier molecular flexibility index (Phi) is 4.21. The van der Waals surface area contributed by atoms with Crippen LogP contribution in [0, 0.1) is 0 Å². The maximum atomic E-state index is 4.83. The number of benzene rings is 1. The molecule has 2 unspecified atom stereocenters. The highest BCUT2D eigenvalue weighted by Crippen LogP contribution is 2.56. The van der Waals surface area contributed by atoms with E-state index in [4.69, 9.17) is 9.97 Å². The topological polar surface area (TPSA) is 29.0 Å². The second-order valence-electron chi connectivity index (χ2n) is 9.44. The van der Waals surface area contributed by atoms with Gasteiger partial charge in [-0.1, -0.05) is 65.4 Å². The molecule has 2 atom stereocenters. The molecule has 152 valence electrons. The van der Waals surface area contributed by atoms with Gasteiger partial charge >= 0.3 is 0 Å². The zero-order chi connectivity index (χ0) is 21.1. The average Bonchev–Trinajstić information content (AvgIpc) is 3.12. The van der Waals surface area contributed by atoms with Crippen molar-refractivity contribution in [3.05, 3.63) is 83.8 Å². The van der Waals surface area contributed by atoms with E-state index in [1.807, 2.05) is 18.5 Å². The minimum Gasteiger partial charge on any atom is -0.349 e. The standard InChI is InChI=1S/C26H28N3P/c1-24(2)19-12-6-7-14-21(19)30-23(24)26(4)25(3,17-18-11-8-9-15-27-18)20-13-10-16-28-22(20)29(26)5/h6-16H,17H2,1-5H3. The van der Waals surface area contributed by atoms with Gasteiger partial charge in [-0.15, -0.1) is 0 Å². The van der Waals surface area contributed by atoms with Crippen LogP contribution in [0.25, 0.3) is 0 Å². The summed E-state index contributed by atoms with van der Waals surface area (Å²) in [6.45, 7) is 9.61. The summed E-state index contributed by atoms with van der Waals surface area (Å²) in [5, 5.41) is 2.96. The summed E-state index contributed by atoms with van der Waals surface area (Å²) in [5.41, 5.74) is 3.51. The number of pyridine rings is 2. The Morgan fingerprint density at radius 2 is 1.53 bits per heavy atom. The van der Waals surface area contributed by atoms with E-state index >= 15 is 0 Å². The lowest BCUT2D eigenvalue weighted by molar-refractivity contribution is 0.339. The third kappa shape index (κ3) is 2.42. The van der Waals surface area contributed by atoms with Crippen LogP contribution in [-0.2, 0) is 17.3 Å². The van der Waals surface area contributed by atoms with E-state index in [0.29, 0.717) is 0 Å². The predicted molar refractivity (Wildman–Crippen MR) is 127 cm³/mol. The summed E-state index contributed by atoms with van der Waals surface area (Å²) < 4.78 is 0. The van der Waals surface area contributed by atoms with E-state index in [0.717, 1.165) is 17.9 Å². The predicted octanol–water partition coefficient (Wildman–Crippen LogP) is 4.92. The number of anilines is 1. The number of aromatic nitrogens is 2. The lowest BCUT2D eigenvalue weighted by Crippen LogP contribution is -2.62. The Balaban J connectivity index is 1.74. The van der Waals surface area contributed by atoms with Crippen LogP contribution < -0.4 is 10.2 Å². The molecule has 3 aromatic rings. The van der Waals surface area contributed by atoms with Crippen molar-refractivity contribution in [1.82, 2.24) is 9.97 Å². The molecule has 0 radical (unpaired) electrons. The molecule has 1 aromatic carbocycles. The molecule has 0 spiro atoms. The van der Waals surface area contributed by atoms with E-state index in [9.17, 15) is 0 Å². The first-order valence-corrected chi connectivity index (χ1v) is 11.5. The first kappa shape index (κ1) is 19.5. The Labute approximate surface area is 181 Å². The van der Waals surface area contributed by atoms with Gasteiger partial charge in [-0.05, 0) is 36.0 Å². The molecule has 0 saturated carbocycles. The van der Waals surface area contributed by atoms with E-state index in [2.05, 4.69) is 88.2 Å². The summed E-state index contributed by atoms with van der Waals surface area (Å²) in [4.78, 5) is 12.0. The molecule has 0 fully saturated rings. The highest BCUT2D eigenvalue weighted by Gasteiger charge is 2.61. The summed E-state index contributed by atoms with van der Waals surface area (Å²) in [6.07, 6.45) is 4.69. The number of likely N-dealkylation sites (N-methyl/N-ethyl adjacent to an activating group) is 1. The Morgan fingerprint density at radius 1 is 0.833 bits per heavy atom. The normalized spacial score (nSPS) is 26.8. The molecule has 2 aromatic heterocycles. The minimum atomic E-state index is -0.203. The largest absolute Gasteiger partial charge is 0.349 e. The van der Waals surface area contributed by atoms with Crippen LogP contribution in [0.1, 0.15) is 44.5 Å². The van der Waals surface area contributed by atoms with Crippen molar-refractivity contribution < 1.29 is 0 Å². The van der Waals surface area contributed by atoms with Crippen LogP contribution in [0.3, 0.4) is 0 Å². The second-order valence-corrected chi connectivity index (χ2v) is 10.6. The third-order valence-corrected chi connectivity index (χ3v) is 9.42. The Bertz CT molecular complexity index is 1150. The smallest absolute Gasteiger partial charge is 0.132 e. The number of nitrogens with zero attached hydrogens (tertiary/aromatic N) is 3. The van der Waals surface area contributed by atoms with Crippen molar-refractivity contribution in [1.29, 1.82) is 0 Å². The SMILES string of the molecule is CN1c2ncccc2C(C)(Cc2ccccn2)C1(C)C1=Pc2ccccc2C1(C)C. The van der Waals surface area contributed by atoms with Gasteiger partial charge < -0.3 is 4.90 Å². The number of hydrogen-bond donors (Lipinski definition) is 0. The summed E-state index contributed by atoms with van der Waals surface area (Å²) in [7, 11) is 3.54. The minimum absolute atomic E-state index is 0.0193. The highest BCUT2D eigenvalue weighted by molar-refractivity contribution is 7.50. The first-order chi connectivity index (χ1) is 14.3. The summed E-state index contributed by atoms with van der Waals surface area (Å²) in [5.74, 6) is 1.09. The maximum absolute atomic E-state index is 4.83. The second kappa shape index (κ2) is 6.49. The van der Waals surface area contributed by atoms with Gasteiger partial charge in [0.15, 0.2) is 0 Å². The quantitative estimate of drug-likeness (QED) is 0.571. The first-order valence-electron chi connectivity index (χ1n) is 10.6. The molecular formula is C26H28N3P. The molecular weight excluding hydrogens is 385 g/mol. The molecule has 3 nitrogen and oxygen atoms in total. The summed E-state index contributed by atoms with van der Waals surface area (Å²) in [6, 6.07) is 19.5. The molecule has 0 bridgehead atoms. The van der Waals surface area contributed by atoms with Crippen molar-refractivity contribution in [2.24, 2.45) is 0 Å². The fourth-order valence-electron chi connectivity index (χ4n) is 5.70. The van der Waals surface area contributed by atoms with Crippen LogP contribution >= 0.6 is 8.20 Å². The van der Waals surface area contributed by atoms with E-state index < -0.39 is 0 Å². The Morgan fingerprint density at radius 3 is 2.27 bits per heavy atom. The zero-order valence-corrected chi connectivity index (χ0v) is 19.2. The summed E-state index contributed by atoms with van der Waals surface area (Å²) >= 11 is 0. The molecule has 2 aliphatic rings. The molecule has 2 aliphatic heterocycles. The van der Waals surface area contributed by atoms with Crippen LogP contribution in [0.5, 0.6) is 0 Å². The molecule has 5 rings (SSSR count). The van der Waals surface area contributed by atoms with Gasteiger partial charge in [0.05, 0.1) is 5.54 Å². The van der Waals surface area contributed by atoms with Gasteiger partial charge in [0.1, 0.15) is 5.82 Å². The molecule has 0 saturated heterocycles. The molecule has 30 heavy (non-hydrogen) atoms. The van der Waals surface area contributed by atoms with Gasteiger partial charge in [0, 0.05) is 53.3 Å². The van der Waals surface area contributed by atoms with Crippen molar-refractivity contribution in [3.8, 4) is 0 Å². The molecule has 0 N–H and O–H groups in total. The van der Waals surface area contributed by atoms with Crippen molar-refractivity contribution in [3.63, 3.8) is 0 Å². The molecule has 0 amide bonds. The lowest BCUT2D eigenvalue weighted by Gasteiger charge is -2.50. The number of fused-ring (bicyclic) bond motifs is 2. The van der Waals surface area contributed by atoms with E-state index in [1.165, 1.54) is 29.9 Å². The fraction of sp³-hybridized carbons (Fsp3) is 0.346. The van der Waals surface area contributed by atoms with E-state index in [1.54, 1.807) is 0 Å². The maximum Gasteiger partial charge on any atom is 0.132 e. The Hall–Kier alpha value is -2.51.